The molecule has 88 valence electrons. The van der Waals surface area contributed by atoms with E-state index in [0.29, 0.717) is 11.4 Å². The third-order valence-corrected chi connectivity index (χ3v) is 2.58. The first-order chi connectivity index (χ1) is 8.20. The van der Waals surface area contributed by atoms with Crippen LogP contribution >= 0.6 is 15.9 Å². The summed E-state index contributed by atoms with van der Waals surface area (Å²) in [7, 11) is 0. The van der Waals surface area contributed by atoms with Crippen molar-refractivity contribution in [1.29, 1.82) is 0 Å². The molecule has 0 fully saturated rings. The van der Waals surface area contributed by atoms with Gasteiger partial charge in [0.1, 0.15) is 0 Å². The molecule has 0 amide bonds. The molecule has 0 radical (unpaired) electrons. The van der Waals surface area contributed by atoms with Crippen LogP contribution in [0.3, 0.4) is 0 Å². The molecular formula is C12H10BrFN2O. The van der Waals surface area contributed by atoms with Gasteiger partial charge in [-0.2, -0.15) is 0 Å². The van der Waals surface area contributed by atoms with Gasteiger partial charge in [0.05, 0.1) is 5.69 Å². The van der Waals surface area contributed by atoms with E-state index in [4.69, 9.17) is 10.5 Å². The van der Waals surface area contributed by atoms with E-state index in [-0.39, 0.29) is 12.3 Å². The fourth-order valence-corrected chi connectivity index (χ4v) is 1.65. The Morgan fingerprint density at radius 3 is 2.76 bits per heavy atom. The fourth-order valence-electron chi connectivity index (χ4n) is 1.34. The lowest BCUT2D eigenvalue weighted by Crippen LogP contribution is -2.02. The zero-order valence-electron chi connectivity index (χ0n) is 8.86. The van der Waals surface area contributed by atoms with Gasteiger partial charge in [0.15, 0.2) is 17.3 Å². The maximum absolute atomic E-state index is 13.4. The number of hydrogen-bond acceptors (Lipinski definition) is 3. The highest BCUT2D eigenvalue weighted by molar-refractivity contribution is 9.10. The van der Waals surface area contributed by atoms with Crippen LogP contribution in [0.25, 0.3) is 0 Å². The van der Waals surface area contributed by atoms with E-state index in [1.807, 2.05) is 0 Å². The van der Waals surface area contributed by atoms with Crippen molar-refractivity contribution in [3.05, 3.63) is 52.5 Å². The molecule has 0 aliphatic carbocycles. The Balaban J connectivity index is 2.35. The monoisotopic (exact) mass is 296 g/mol. The first-order valence-electron chi connectivity index (χ1n) is 4.97. The maximum Gasteiger partial charge on any atom is 0.165 e. The zero-order chi connectivity index (χ0) is 12.3. The Bertz CT molecular complexity index is 534. The lowest BCUT2D eigenvalue weighted by atomic mass is 10.3. The summed E-state index contributed by atoms with van der Waals surface area (Å²) in [6.07, 6.45) is 1.62. The van der Waals surface area contributed by atoms with Crippen LogP contribution in [0.1, 0.15) is 5.69 Å². The number of aromatic nitrogens is 1. The van der Waals surface area contributed by atoms with Crippen LogP contribution in [-0.2, 0) is 6.54 Å². The molecule has 0 atom stereocenters. The summed E-state index contributed by atoms with van der Waals surface area (Å²) in [5.41, 5.74) is 6.12. The van der Waals surface area contributed by atoms with Crippen molar-refractivity contribution in [2.24, 2.45) is 5.73 Å². The minimum Gasteiger partial charge on any atom is -0.452 e. The Labute approximate surface area is 107 Å². The van der Waals surface area contributed by atoms with Gasteiger partial charge in [0, 0.05) is 17.2 Å². The number of halogens is 2. The number of nitrogens with zero attached hydrogens (tertiary/aromatic N) is 1. The Morgan fingerprint density at radius 2 is 2.06 bits per heavy atom. The molecule has 0 spiro atoms. The van der Waals surface area contributed by atoms with E-state index >= 15 is 0 Å². The van der Waals surface area contributed by atoms with Crippen molar-refractivity contribution in [3.8, 4) is 11.5 Å². The summed E-state index contributed by atoms with van der Waals surface area (Å²) in [6, 6.07) is 7.90. The molecule has 2 N–H and O–H groups in total. The third kappa shape index (κ3) is 2.81. The highest BCUT2D eigenvalue weighted by atomic mass is 79.9. The molecule has 3 nitrogen and oxygen atoms in total. The summed E-state index contributed by atoms with van der Waals surface area (Å²) >= 11 is 3.28. The number of benzene rings is 1. The first kappa shape index (κ1) is 12.0. The lowest BCUT2D eigenvalue weighted by molar-refractivity contribution is 0.435. The summed E-state index contributed by atoms with van der Waals surface area (Å²) < 4.78 is 19.6. The van der Waals surface area contributed by atoms with E-state index in [1.165, 1.54) is 6.07 Å². The van der Waals surface area contributed by atoms with Crippen LogP contribution in [0.2, 0.25) is 0 Å². The highest BCUT2D eigenvalue weighted by Gasteiger charge is 2.08. The van der Waals surface area contributed by atoms with Crippen molar-refractivity contribution in [2.45, 2.75) is 6.54 Å². The molecule has 1 aromatic heterocycles. The van der Waals surface area contributed by atoms with Crippen molar-refractivity contribution in [3.63, 3.8) is 0 Å². The Hall–Kier alpha value is -1.46. The predicted octanol–water partition coefficient (Wildman–Crippen LogP) is 3.23. The molecule has 1 heterocycles. The third-order valence-electron chi connectivity index (χ3n) is 2.15. The maximum atomic E-state index is 13.4. The van der Waals surface area contributed by atoms with Gasteiger partial charge in [-0.05, 0) is 34.1 Å². The molecule has 2 aromatic rings. The van der Waals surface area contributed by atoms with E-state index < -0.39 is 5.82 Å². The second-order valence-corrected chi connectivity index (χ2v) is 4.25. The Morgan fingerprint density at radius 1 is 1.29 bits per heavy atom. The zero-order valence-corrected chi connectivity index (χ0v) is 10.4. The first-order valence-corrected chi connectivity index (χ1v) is 5.77. The smallest absolute Gasteiger partial charge is 0.165 e. The van der Waals surface area contributed by atoms with Gasteiger partial charge in [0.2, 0.25) is 0 Å². The summed E-state index contributed by atoms with van der Waals surface area (Å²) in [5.74, 6) is 0.185. The van der Waals surface area contributed by atoms with Gasteiger partial charge in [-0.15, -0.1) is 0 Å². The van der Waals surface area contributed by atoms with E-state index in [1.54, 1.807) is 30.5 Å². The second-order valence-electron chi connectivity index (χ2n) is 3.33. The number of pyridine rings is 1. The topological polar surface area (TPSA) is 48.1 Å². The molecule has 5 heteroatoms. The average Bonchev–Trinajstić information content (AvgIpc) is 2.32. The SMILES string of the molecule is NCc1ncc(Br)cc1Oc1ccccc1F. The largest absolute Gasteiger partial charge is 0.452 e. The van der Waals surface area contributed by atoms with Gasteiger partial charge < -0.3 is 10.5 Å². The van der Waals surface area contributed by atoms with Crippen molar-refractivity contribution in [1.82, 2.24) is 4.98 Å². The van der Waals surface area contributed by atoms with E-state index in [9.17, 15) is 4.39 Å². The second kappa shape index (κ2) is 5.25. The average molecular weight is 297 g/mol. The minimum absolute atomic E-state index is 0.155. The van der Waals surface area contributed by atoms with Gasteiger partial charge in [-0.3, -0.25) is 4.98 Å². The quantitative estimate of drug-likeness (QED) is 0.946. The van der Waals surface area contributed by atoms with E-state index in [0.717, 1.165) is 4.47 Å². The molecule has 0 saturated heterocycles. The number of ether oxygens (including phenoxy) is 1. The van der Waals surface area contributed by atoms with Gasteiger partial charge in [-0.1, -0.05) is 12.1 Å². The molecule has 0 aliphatic heterocycles. The highest BCUT2D eigenvalue weighted by Crippen LogP contribution is 2.28. The van der Waals surface area contributed by atoms with Crippen LogP contribution in [0.4, 0.5) is 4.39 Å². The van der Waals surface area contributed by atoms with Crippen molar-refractivity contribution in [2.75, 3.05) is 0 Å². The number of rotatable bonds is 3. The summed E-state index contributed by atoms with van der Waals surface area (Å²) in [4.78, 5) is 4.10. The Kier molecular flexibility index (Phi) is 3.71. The summed E-state index contributed by atoms with van der Waals surface area (Å²) in [6.45, 7) is 0.233. The number of para-hydroxylation sites is 1. The van der Waals surface area contributed by atoms with E-state index in [2.05, 4.69) is 20.9 Å². The minimum atomic E-state index is -0.421. The van der Waals surface area contributed by atoms with Crippen LogP contribution in [0.15, 0.2) is 41.0 Å². The van der Waals surface area contributed by atoms with Crippen molar-refractivity contribution >= 4 is 15.9 Å². The summed E-state index contributed by atoms with van der Waals surface area (Å²) in [5, 5.41) is 0. The number of nitrogens with two attached hydrogens (primary N) is 1. The molecule has 17 heavy (non-hydrogen) atoms. The molecule has 0 saturated carbocycles. The molecule has 0 aliphatic rings. The predicted molar refractivity (Wildman–Crippen MR) is 66.3 cm³/mol. The molecule has 0 bridgehead atoms. The molecule has 1 aromatic carbocycles. The molecule has 0 unspecified atom stereocenters. The van der Waals surface area contributed by atoms with Crippen LogP contribution in [0, 0.1) is 5.82 Å². The normalized spacial score (nSPS) is 10.3. The van der Waals surface area contributed by atoms with Crippen LogP contribution in [-0.4, -0.2) is 4.98 Å². The van der Waals surface area contributed by atoms with Gasteiger partial charge in [0.25, 0.3) is 0 Å². The molecule has 2 rings (SSSR count). The standard InChI is InChI=1S/C12H10BrFN2O/c13-8-5-12(10(6-15)16-7-8)17-11-4-2-1-3-9(11)14/h1-5,7H,6,15H2. The van der Waals surface area contributed by atoms with Crippen LogP contribution in [0.5, 0.6) is 11.5 Å². The number of hydrogen-bond donors (Lipinski definition) is 1. The van der Waals surface area contributed by atoms with Gasteiger partial charge >= 0.3 is 0 Å². The fraction of sp³-hybridized carbons (Fsp3) is 0.0833. The van der Waals surface area contributed by atoms with Crippen molar-refractivity contribution < 1.29 is 9.13 Å². The van der Waals surface area contributed by atoms with Crippen LogP contribution < -0.4 is 10.5 Å². The van der Waals surface area contributed by atoms with Gasteiger partial charge in [-0.25, -0.2) is 4.39 Å². The molecular weight excluding hydrogens is 287 g/mol. The lowest BCUT2D eigenvalue weighted by Gasteiger charge is -2.10.